The summed E-state index contributed by atoms with van der Waals surface area (Å²) in [5, 5.41) is 12.7. The van der Waals surface area contributed by atoms with Crippen molar-refractivity contribution in [2.24, 2.45) is 5.92 Å². The van der Waals surface area contributed by atoms with Gasteiger partial charge in [-0.1, -0.05) is 18.7 Å². The van der Waals surface area contributed by atoms with Gasteiger partial charge in [-0.3, -0.25) is 14.9 Å². The molecule has 1 unspecified atom stereocenters. The van der Waals surface area contributed by atoms with Crippen LogP contribution in [0.2, 0.25) is 0 Å². The largest absolute Gasteiger partial charge is 0.293 e. The number of aryl methyl sites for hydroxylation is 1. The lowest BCUT2D eigenvalue weighted by Crippen LogP contribution is -2.09. The van der Waals surface area contributed by atoms with Gasteiger partial charge in [-0.05, 0) is 42.9 Å². The highest BCUT2D eigenvalue weighted by atomic mass is 32.2. The Morgan fingerprint density at radius 3 is 2.85 bits per heavy atom. The lowest BCUT2D eigenvalue weighted by atomic mass is 9.89. The number of carbonyl (C=O) groups is 1. The van der Waals surface area contributed by atoms with Crippen LogP contribution in [-0.4, -0.2) is 26.4 Å². The molecule has 0 fully saturated rings. The van der Waals surface area contributed by atoms with E-state index in [2.05, 4.69) is 16.9 Å². The number of Topliss-reactive ketones (excluding diaryl/α,β-unsaturated/α-hetero) is 1. The van der Waals surface area contributed by atoms with Gasteiger partial charge >= 0.3 is 0 Å². The van der Waals surface area contributed by atoms with E-state index in [1.54, 1.807) is 17.7 Å². The molecule has 3 aromatic rings. The van der Waals surface area contributed by atoms with E-state index in [0.717, 1.165) is 28.1 Å². The molecule has 0 N–H and O–H groups in total. The first kappa shape index (κ1) is 18.1. The topological polar surface area (TPSA) is 86.0 Å². The van der Waals surface area contributed by atoms with Crippen LogP contribution in [0.5, 0.6) is 0 Å². The SMILES string of the molecule is CC1CCc2c(sc3ncnc(SCC(=O)c4ccc([N+](=O)[O-])cc4)c23)C1. The number of carbonyl (C=O) groups excluding carboxylic acids is 1. The average molecular weight is 399 g/mol. The summed E-state index contributed by atoms with van der Waals surface area (Å²) in [7, 11) is 0. The Morgan fingerprint density at radius 1 is 1.33 bits per heavy atom. The van der Waals surface area contributed by atoms with Gasteiger partial charge in [0, 0.05) is 28.0 Å². The molecule has 2 heterocycles. The van der Waals surface area contributed by atoms with Gasteiger partial charge in [-0.15, -0.1) is 11.3 Å². The zero-order chi connectivity index (χ0) is 19.0. The summed E-state index contributed by atoms with van der Waals surface area (Å²) in [6.07, 6.45) is 4.85. The normalized spacial score (nSPS) is 16.3. The molecule has 0 aliphatic heterocycles. The molecule has 4 rings (SSSR count). The second-order valence-electron chi connectivity index (χ2n) is 6.73. The molecule has 0 bridgehead atoms. The monoisotopic (exact) mass is 399 g/mol. The highest BCUT2D eigenvalue weighted by Crippen LogP contribution is 2.40. The van der Waals surface area contributed by atoms with E-state index in [4.69, 9.17) is 0 Å². The summed E-state index contributed by atoms with van der Waals surface area (Å²) in [6, 6.07) is 5.73. The molecule has 6 nitrogen and oxygen atoms in total. The van der Waals surface area contributed by atoms with Crippen LogP contribution in [0.25, 0.3) is 10.2 Å². The van der Waals surface area contributed by atoms with Gasteiger partial charge in [-0.2, -0.15) is 0 Å². The van der Waals surface area contributed by atoms with Crippen LogP contribution in [0, 0.1) is 16.0 Å². The first-order valence-corrected chi connectivity index (χ1v) is 10.5. The zero-order valence-corrected chi connectivity index (χ0v) is 16.3. The third kappa shape index (κ3) is 3.59. The lowest BCUT2D eigenvalue weighted by molar-refractivity contribution is -0.384. The fourth-order valence-corrected chi connectivity index (χ4v) is 5.68. The van der Waals surface area contributed by atoms with Gasteiger partial charge in [0.05, 0.1) is 10.7 Å². The molecule has 0 spiro atoms. The number of hydrogen-bond donors (Lipinski definition) is 0. The molecule has 0 saturated heterocycles. The number of thiophene rings is 1. The molecule has 8 heteroatoms. The summed E-state index contributed by atoms with van der Waals surface area (Å²) >= 11 is 3.15. The van der Waals surface area contributed by atoms with Crippen LogP contribution >= 0.6 is 23.1 Å². The Balaban J connectivity index is 1.55. The van der Waals surface area contributed by atoms with Crippen LogP contribution in [0.4, 0.5) is 5.69 Å². The molecule has 0 radical (unpaired) electrons. The van der Waals surface area contributed by atoms with Crippen molar-refractivity contribution in [2.75, 3.05) is 5.75 Å². The number of rotatable bonds is 5. The number of hydrogen-bond acceptors (Lipinski definition) is 7. The minimum absolute atomic E-state index is 0.0177. The molecule has 1 aliphatic carbocycles. The van der Waals surface area contributed by atoms with Crippen molar-refractivity contribution in [3.8, 4) is 0 Å². The number of aromatic nitrogens is 2. The van der Waals surface area contributed by atoms with Gasteiger partial charge in [-0.25, -0.2) is 9.97 Å². The van der Waals surface area contributed by atoms with Crippen LogP contribution in [0.1, 0.15) is 34.1 Å². The molecule has 0 saturated carbocycles. The van der Waals surface area contributed by atoms with Gasteiger partial charge in [0.2, 0.25) is 0 Å². The summed E-state index contributed by atoms with van der Waals surface area (Å²) in [4.78, 5) is 34.0. The van der Waals surface area contributed by atoms with Crippen LogP contribution < -0.4 is 0 Å². The number of nitro benzene ring substituents is 1. The second-order valence-corrected chi connectivity index (χ2v) is 8.77. The predicted octanol–water partition coefficient (Wildman–Crippen LogP) is 4.70. The molecule has 1 aliphatic rings. The van der Waals surface area contributed by atoms with Gasteiger partial charge in [0.25, 0.3) is 5.69 Å². The van der Waals surface area contributed by atoms with E-state index in [9.17, 15) is 14.9 Å². The molecular formula is C19H17N3O3S2. The van der Waals surface area contributed by atoms with Crippen molar-refractivity contribution < 1.29 is 9.72 Å². The zero-order valence-electron chi connectivity index (χ0n) is 14.7. The number of fused-ring (bicyclic) bond motifs is 3. The number of non-ortho nitro benzene ring substituents is 1. The van der Waals surface area contributed by atoms with E-state index in [1.165, 1.54) is 52.9 Å². The van der Waals surface area contributed by atoms with Crippen molar-refractivity contribution in [1.82, 2.24) is 9.97 Å². The summed E-state index contributed by atoms with van der Waals surface area (Å²) in [6.45, 7) is 2.28. The Kier molecular flexibility index (Phi) is 4.92. The van der Waals surface area contributed by atoms with E-state index in [-0.39, 0.29) is 17.2 Å². The average Bonchev–Trinajstić information content (AvgIpc) is 3.04. The van der Waals surface area contributed by atoms with Gasteiger partial charge < -0.3 is 0 Å². The predicted molar refractivity (Wildman–Crippen MR) is 107 cm³/mol. The molecule has 0 amide bonds. The Bertz CT molecular complexity index is 1030. The van der Waals surface area contributed by atoms with Crippen molar-refractivity contribution in [3.63, 3.8) is 0 Å². The summed E-state index contributed by atoms with van der Waals surface area (Å²) < 4.78 is 0. The van der Waals surface area contributed by atoms with Crippen LogP contribution in [-0.2, 0) is 12.8 Å². The van der Waals surface area contributed by atoms with Crippen molar-refractivity contribution in [1.29, 1.82) is 0 Å². The van der Waals surface area contributed by atoms with E-state index in [1.807, 2.05) is 0 Å². The van der Waals surface area contributed by atoms with Crippen molar-refractivity contribution in [3.05, 3.63) is 56.7 Å². The van der Waals surface area contributed by atoms with Crippen molar-refractivity contribution >= 4 is 44.8 Å². The van der Waals surface area contributed by atoms with Gasteiger partial charge in [0.1, 0.15) is 16.2 Å². The number of thioether (sulfide) groups is 1. The second kappa shape index (κ2) is 7.36. The fourth-order valence-electron chi connectivity index (χ4n) is 3.34. The maximum atomic E-state index is 12.5. The number of nitrogens with zero attached hydrogens (tertiary/aromatic N) is 3. The smallest absolute Gasteiger partial charge is 0.269 e. The summed E-state index contributed by atoms with van der Waals surface area (Å²) in [5.74, 6) is 0.864. The summed E-state index contributed by atoms with van der Waals surface area (Å²) in [5.41, 5.74) is 1.80. The van der Waals surface area contributed by atoms with E-state index < -0.39 is 4.92 Å². The third-order valence-corrected chi connectivity index (χ3v) is 6.95. The molecule has 2 aromatic heterocycles. The minimum atomic E-state index is -0.471. The lowest BCUT2D eigenvalue weighted by Gasteiger charge is -2.18. The standard InChI is InChI=1S/C19H17N3O3S2/c1-11-2-7-14-16(8-11)27-19-17(14)18(20-10-21-19)26-9-15(23)12-3-5-13(6-4-12)22(24)25/h3-6,10-11H,2,7-9H2,1H3. The first-order chi connectivity index (χ1) is 13.0. The molecule has 138 valence electrons. The third-order valence-electron chi connectivity index (χ3n) is 4.80. The Morgan fingerprint density at radius 2 is 2.11 bits per heavy atom. The molecule has 27 heavy (non-hydrogen) atoms. The quantitative estimate of drug-likeness (QED) is 0.203. The highest BCUT2D eigenvalue weighted by molar-refractivity contribution is 8.00. The highest BCUT2D eigenvalue weighted by Gasteiger charge is 2.23. The van der Waals surface area contributed by atoms with Gasteiger partial charge in [0.15, 0.2) is 5.78 Å². The van der Waals surface area contributed by atoms with Crippen molar-refractivity contribution in [2.45, 2.75) is 31.2 Å². The Labute approximate surface area is 164 Å². The number of ketones is 1. The minimum Gasteiger partial charge on any atom is -0.293 e. The Hall–Kier alpha value is -2.32. The first-order valence-electron chi connectivity index (χ1n) is 8.68. The maximum absolute atomic E-state index is 12.5. The number of benzene rings is 1. The van der Waals surface area contributed by atoms with E-state index in [0.29, 0.717) is 11.5 Å². The van der Waals surface area contributed by atoms with Crippen LogP contribution in [0.3, 0.4) is 0 Å². The van der Waals surface area contributed by atoms with E-state index >= 15 is 0 Å². The number of nitro groups is 1. The molecule has 1 atom stereocenters. The maximum Gasteiger partial charge on any atom is 0.269 e. The molecular weight excluding hydrogens is 382 g/mol. The van der Waals surface area contributed by atoms with Crippen LogP contribution in [0.15, 0.2) is 35.6 Å². The molecule has 1 aromatic carbocycles. The fraction of sp³-hybridized carbons (Fsp3) is 0.316.